The van der Waals surface area contributed by atoms with E-state index in [-0.39, 0.29) is 0 Å². The predicted octanol–water partition coefficient (Wildman–Crippen LogP) is 4.66. The van der Waals surface area contributed by atoms with Gasteiger partial charge in [0.1, 0.15) is 12.0 Å². The van der Waals surface area contributed by atoms with Crippen LogP contribution in [-0.4, -0.2) is 12.9 Å². The fourth-order valence-corrected chi connectivity index (χ4v) is 2.18. The average molecular weight is 333 g/mol. The van der Waals surface area contributed by atoms with Crippen molar-refractivity contribution in [2.45, 2.75) is 19.3 Å². The van der Waals surface area contributed by atoms with Crippen LogP contribution in [0.1, 0.15) is 28.8 Å². The number of ether oxygens (including phenoxy) is 1. The Labute approximate surface area is 127 Å². The number of rotatable bonds is 7. The van der Waals surface area contributed by atoms with Crippen molar-refractivity contribution in [3.05, 3.63) is 64.1 Å². The SMILES string of the molecule is O=Cc1ccc(OCCCCc2ccc(Br)cc2)cc1. The molecule has 2 nitrogen and oxygen atoms in total. The number of unbranched alkanes of at least 4 members (excludes halogenated alkanes) is 1. The highest BCUT2D eigenvalue weighted by molar-refractivity contribution is 9.10. The number of aldehydes is 1. The molecule has 0 aliphatic heterocycles. The molecule has 0 atom stereocenters. The molecule has 0 saturated heterocycles. The maximum Gasteiger partial charge on any atom is 0.150 e. The van der Waals surface area contributed by atoms with Gasteiger partial charge >= 0.3 is 0 Å². The first kappa shape index (κ1) is 14.8. The van der Waals surface area contributed by atoms with Crippen molar-refractivity contribution in [2.24, 2.45) is 0 Å². The van der Waals surface area contributed by atoms with Gasteiger partial charge in [0, 0.05) is 10.0 Å². The van der Waals surface area contributed by atoms with Gasteiger partial charge in [-0.2, -0.15) is 0 Å². The maximum absolute atomic E-state index is 10.5. The summed E-state index contributed by atoms with van der Waals surface area (Å²) in [6, 6.07) is 15.6. The van der Waals surface area contributed by atoms with Crippen molar-refractivity contribution in [1.29, 1.82) is 0 Å². The molecule has 104 valence electrons. The molecule has 2 rings (SSSR count). The summed E-state index contributed by atoms with van der Waals surface area (Å²) in [4.78, 5) is 10.5. The fraction of sp³-hybridized carbons (Fsp3) is 0.235. The van der Waals surface area contributed by atoms with Gasteiger partial charge in [0.25, 0.3) is 0 Å². The Bertz CT molecular complexity index is 532. The molecule has 3 heteroatoms. The third kappa shape index (κ3) is 4.82. The molecule has 0 aromatic heterocycles. The summed E-state index contributed by atoms with van der Waals surface area (Å²) >= 11 is 3.43. The van der Waals surface area contributed by atoms with E-state index in [1.54, 1.807) is 12.1 Å². The molecule has 0 saturated carbocycles. The third-order valence-corrected chi connectivity index (χ3v) is 3.59. The van der Waals surface area contributed by atoms with E-state index in [1.807, 2.05) is 12.1 Å². The highest BCUT2D eigenvalue weighted by atomic mass is 79.9. The molecule has 0 aliphatic carbocycles. The van der Waals surface area contributed by atoms with Gasteiger partial charge in [0.15, 0.2) is 0 Å². The molecule has 0 radical (unpaired) electrons. The van der Waals surface area contributed by atoms with E-state index in [1.165, 1.54) is 5.56 Å². The molecular formula is C17H17BrO2. The minimum Gasteiger partial charge on any atom is -0.494 e. The highest BCUT2D eigenvalue weighted by Crippen LogP contribution is 2.14. The van der Waals surface area contributed by atoms with E-state index in [0.717, 1.165) is 35.8 Å². The van der Waals surface area contributed by atoms with Crippen LogP contribution >= 0.6 is 15.9 Å². The van der Waals surface area contributed by atoms with Gasteiger partial charge in [-0.05, 0) is 61.2 Å². The molecule has 0 unspecified atom stereocenters. The van der Waals surface area contributed by atoms with Crippen LogP contribution in [0, 0.1) is 0 Å². The summed E-state index contributed by atoms with van der Waals surface area (Å²) in [6.45, 7) is 0.705. The molecule has 2 aromatic carbocycles. The Balaban J connectivity index is 1.65. The van der Waals surface area contributed by atoms with Crippen molar-refractivity contribution in [3.63, 3.8) is 0 Å². The standard InChI is InChI=1S/C17H17BrO2/c18-16-8-4-14(5-9-16)3-1-2-12-20-17-10-6-15(13-19)7-11-17/h4-11,13H,1-3,12H2. The number of aryl methyl sites for hydroxylation is 1. The zero-order valence-corrected chi connectivity index (χ0v) is 12.8. The average Bonchev–Trinajstić information content (AvgIpc) is 2.49. The lowest BCUT2D eigenvalue weighted by atomic mass is 10.1. The van der Waals surface area contributed by atoms with Crippen molar-refractivity contribution in [1.82, 2.24) is 0 Å². The number of hydrogen-bond acceptors (Lipinski definition) is 2. The molecule has 0 bridgehead atoms. The Morgan fingerprint density at radius 1 is 0.950 bits per heavy atom. The number of carbonyl (C=O) groups excluding carboxylic acids is 1. The van der Waals surface area contributed by atoms with Crippen LogP contribution in [-0.2, 0) is 6.42 Å². The molecule has 0 fully saturated rings. The third-order valence-electron chi connectivity index (χ3n) is 3.06. The van der Waals surface area contributed by atoms with Crippen LogP contribution in [0.15, 0.2) is 53.0 Å². The minimum atomic E-state index is 0.674. The van der Waals surface area contributed by atoms with Crippen LogP contribution in [0.5, 0.6) is 5.75 Å². The predicted molar refractivity (Wildman–Crippen MR) is 84.4 cm³/mol. The largest absolute Gasteiger partial charge is 0.494 e. The summed E-state index contributed by atoms with van der Waals surface area (Å²) in [5.74, 6) is 0.819. The van der Waals surface area contributed by atoms with E-state index >= 15 is 0 Å². The molecule has 20 heavy (non-hydrogen) atoms. The van der Waals surface area contributed by atoms with Gasteiger partial charge in [-0.15, -0.1) is 0 Å². The summed E-state index contributed by atoms with van der Waals surface area (Å²) in [5.41, 5.74) is 2.02. The van der Waals surface area contributed by atoms with Gasteiger partial charge in [-0.25, -0.2) is 0 Å². The van der Waals surface area contributed by atoms with Crippen molar-refractivity contribution in [3.8, 4) is 5.75 Å². The highest BCUT2D eigenvalue weighted by Gasteiger charge is 1.97. The first-order chi connectivity index (χ1) is 9.78. The van der Waals surface area contributed by atoms with Crippen LogP contribution in [0.2, 0.25) is 0 Å². The maximum atomic E-state index is 10.5. The Morgan fingerprint density at radius 3 is 2.30 bits per heavy atom. The zero-order valence-electron chi connectivity index (χ0n) is 11.2. The van der Waals surface area contributed by atoms with Crippen molar-refractivity contribution < 1.29 is 9.53 Å². The normalized spacial score (nSPS) is 10.2. The van der Waals surface area contributed by atoms with Gasteiger partial charge in [0.2, 0.25) is 0 Å². The van der Waals surface area contributed by atoms with Crippen LogP contribution in [0.3, 0.4) is 0 Å². The second kappa shape index (κ2) is 7.85. The van der Waals surface area contributed by atoms with Crippen molar-refractivity contribution in [2.75, 3.05) is 6.61 Å². The van der Waals surface area contributed by atoms with Crippen molar-refractivity contribution >= 4 is 22.2 Å². The lowest BCUT2D eigenvalue weighted by molar-refractivity contribution is 0.112. The van der Waals surface area contributed by atoms with Crippen LogP contribution in [0.4, 0.5) is 0 Å². The van der Waals surface area contributed by atoms with E-state index in [4.69, 9.17) is 4.74 Å². The summed E-state index contributed by atoms with van der Waals surface area (Å²) < 4.78 is 6.75. The summed E-state index contributed by atoms with van der Waals surface area (Å²) in [6.07, 6.45) is 4.03. The minimum absolute atomic E-state index is 0.674. The van der Waals surface area contributed by atoms with E-state index in [9.17, 15) is 4.79 Å². The molecular weight excluding hydrogens is 316 g/mol. The number of hydrogen-bond donors (Lipinski definition) is 0. The molecule has 2 aromatic rings. The second-order valence-electron chi connectivity index (χ2n) is 4.62. The monoisotopic (exact) mass is 332 g/mol. The number of carbonyl (C=O) groups is 1. The smallest absolute Gasteiger partial charge is 0.150 e. The molecule has 0 aliphatic rings. The number of halogens is 1. The lowest BCUT2D eigenvalue weighted by Gasteiger charge is -2.06. The zero-order chi connectivity index (χ0) is 14.2. The quantitative estimate of drug-likeness (QED) is 0.544. The topological polar surface area (TPSA) is 26.3 Å². The Kier molecular flexibility index (Phi) is 5.81. The number of benzene rings is 2. The van der Waals surface area contributed by atoms with E-state index in [0.29, 0.717) is 12.2 Å². The van der Waals surface area contributed by atoms with Crippen LogP contribution < -0.4 is 4.74 Å². The lowest BCUT2D eigenvalue weighted by Crippen LogP contribution is -1.98. The Hall–Kier alpha value is -1.61. The Morgan fingerprint density at radius 2 is 1.65 bits per heavy atom. The van der Waals surface area contributed by atoms with Gasteiger partial charge in [-0.3, -0.25) is 4.79 Å². The molecule has 0 amide bonds. The molecule has 0 N–H and O–H groups in total. The van der Waals surface area contributed by atoms with E-state index < -0.39 is 0 Å². The van der Waals surface area contributed by atoms with E-state index in [2.05, 4.69) is 40.2 Å². The molecule has 0 heterocycles. The second-order valence-corrected chi connectivity index (χ2v) is 5.53. The van der Waals surface area contributed by atoms with Gasteiger partial charge < -0.3 is 4.74 Å². The fourth-order valence-electron chi connectivity index (χ4n) is 1.91. The first-order valence-electron chi connectivity index (χ1n) is 6.70. The summed E-state index contributed by atoms with van der Waals surface area (Å²) in [7, 11) is 0. The molecule has 0 spiro atoms. The summed E-state index contributed by atoms with van der Waals surface area (Å²) in [5, 5.41) is 0. The van der Waals surface area contributed by atoms with Crippen LogP contribution in [0.25, 0.3) is 0 Å². The first-order valence-corrected chi connectivity index (χ1v) is 7.50. The van der Waals surface area contributed by atoms with Gasteiger partial charge in [-0.1, -0.05) is 28.1 Å². The van der Waals surface area contributed by atoms with Gasteiger partial charge in [0.05, 0.1) is 6.61 Å².